The number of carbonyl (C=O) groups is 1. The van der Waals surface area contributed by atoms with E-state index in [-0.39, 0.29) is 5.91 Å². The SMILES string of the molecule is O=C(C[NH+]1CCCC[C@H]1c1nc2ccccc2s1)N1CCN(c2ncccn2)CC1. The molecule has 2 aromatic heterocycles. The fraction of sp³-hybridized carbons (Fsp3) is 0.455. The maximum atomic E-state index is 13.1. The van der Waals surface area contributed by atoms with Crippen molar-refractivity contribution < 1.29 is 9.69 Å². The number of hydrogen-bond donors (Lipinski definition) is 1. The molecule has 4 heterocycles. The lowest BCUT2D eigenvalue weighted by Gasteiger charge is -2.36. The third-order valence-corrected chi connectivity index (χ3v) is 7.34. The van der Waals surface area contributed by atoms with E-state index in [0.29, 0.717) is 12.6 Å². The molecule has 2 aliphatic rings. The number of aromatic nitrogens is 3. The number of likely N-dealkylation sites (tertiary alicyclic amines) is 1. The Morgan fingerprint density at radius 2 is 1.87 bits per heavy atom. The van der Waals surface area contributed by atoms with Gasteiger partial charge < -0.3 is 14.7 Å². The number of thiazole rings is 1. The third-order valence-electron chi connectivity index (χ3n) is 6.19. The number of hydrogen-bond acceptors (Lipinski definition) is 6. The smallest absolute Gasteiger partial charge is 0.277 e. The van der Waals surface area contributed by atoms with Crippen molar-refractivity contribution in [1.82, 2.24) is 19.9 Å². The molecule has 5 rings (SSSR count). The molecule has 30 heavy (non-hydrogen) atoms. The van der Waals surface area contributed by atoms with E-state index in [1.165, 1.54) is 27.4 Å². The second-order valence-corrected chi connectivity index (χ2v) is 9.13. The van der Waals surface area contributed by atoms with Crippen LogP contribution in [0.3, 0.4) is 0 Å². The van der Waals surface area contributed by atoms with Gasteiger partial charge in [-0.25, -0.2) is 15.0 Å². The molecule has 0 bridgehead atoms. The normalized spacial score (nSPS) is 22.4. The van der Waals surface area contributed by atoms with E-state index in [4.69, 9.17) is 4.98 Å². The van der Waals surface area contributed by atoms with Crippen LogP contribution in [0.2, 0.25) is 0 Å². The van der Waals surface area contributed by atoms with Gasteiger partial charge in [0.1, 0.15) is 6.04 Å². The van der Waals surface area contributed by atoms with Gasteiger partial charge in [0.15, 0.2) is 11.6 Å². The predicted molar refractivity (Wildman–Crippen MR) is 118 cm³/mol. The van der Waals surface area contributed by atoms with Crippen molar-refractivity contribution >= 4 is 33.4 Å². The first kappa shape index (κ1) is 19.4. The van der Waals surface area contributed by atoms with Crippen molar-refractivity contribution in [3.63, 3.8) is 0 Å². The quantitative estimate of drug-likeness (QED) is 0.690. The fourth-order valence-corrected chi connectivity index (χ4v) is 5.71. The minimum atomic E-state index is 0.256. The van der Waals surface area contributed by atoms with E-state index in [1.807, 2.05) is 17.0 Å². The lowest BCUT2D eigenvalue weighted by Crippen LogP contribution is -3.14. The molecule has 2 fully saturated rings. The Morgan fingerprint density at radius 1 is 1.07 bits per heavy atom. The van der Waals surface area contributed by atoms with Crippen molar-refractivity contribution in [1.29, 1.82) is 0 Å². The first-order valence-corrected chi connectivity index (χ1v) is 11.6. The Bertz CT molecular complexity index is 968. The summed E-state index contributed by atoms with van der Waals surface area (Å²) in [5, 5.41) is 1.18. The van der Waals surface area contributed by atoms with E-state index < -0.39 is 0 Å². The fourth-order valence-electron chi connectivity index (χ4n) is 4.54. The van der Waals surface area contributed by atoms with E-state index in [2.05, 4.69) is 33.1 Å². The summed E-state index contributed by atoms with van der Waals surface area (Å²) in [6, 6.07) is 10.5. The molecule has 0 spiro atoms. The van der Waals surface area contributed by atoms with Crippen molar-refractivity contribution in [2.75, 3.05) is 44.2 Å². The number of fused-ring (bicyclic) bond motifs is 1. The Labute approximate surface area is 180 Å². The third kappa shape index (κ3) is 4.02. The van der Waals surface area contributed by atoms with Gasteiger partial charge in [-0.2, -0.15) is 0 Å². The number of benzene rings is 1. The summed E-state index contributed by atoms with van der Waals surface area (Å²) in [7, 11) is 0. The summed E-state index contributed by atoms with van der Waals surface area (Å²) in [6.45, 7) is 4.64. The van der Waals surface area contributed by atoms with Crippen LogP contribution in [0.4, 0.5) is 5.95 Å². The molecule has 2 aliphatic heterocycles. The van der Waals surface area contributed by atoms with Crippen molar-refractivity contribution in [3.8, 4) is 0 Å². The van der Waals surface area contributed by atoms with Crippen LogP contribution in [0.15, 0.2) is 42.7 Å². The van der Waals surface area contributed by atoms with Gasteiger partial charge in [0, 0.05) is 45.0 Å². The number of nitrogens with zero attached hydrogens (tertiary/aromatic N) is 5. The van der Waals surface area contributed by atoms with Crippen LogP contribution >= 0.6 is 11.3 Å². The van der Waals surface area contributed by atoms with Crippen molar-refractivity contribution in [2.24, 2.45) is 0 Å². The summed E-state index contributed by atoms with van der Waals surface area (Å²) >= 11 is 1.79. The van der Waals surface area contributed by atoms with Crippen molar-refractivity contribution in [3.05, 3.63) is 47.7 Å². The highest BCUT2D eigenvalue weighted by atomic mass is 32.1. The highest BCUT2D eigenvalue weighted by Gasteiger charge is 2.34. The molecule has 2 atom stereocenters. The number of para-hydroxylation sites is 1. The van der Waals surface area contributed by atoms with Gasteiger partial charge >= 0.3 is 0 Å². The van der Waals surface area contributed by atoms with Gasteiger partial charge in [0.05, 0.1) is 16.8 Å². The lowest BCUT2D eigenvalue weighted by molar-refractivity contribution is -0.929. The molecular formula is C22H27N6OS+. The monoisotopic (exact) mass is 423 g/mol. The Kier molecular flexibility index (Phi) is 5.59. The molecule has 0 aliphatic carbocycles. The van der Waals surface area contributed by atoms with Crippen LogP contribution in [-0.2, 0) is 4.79 Å². The van der Waals surface area contributed by atoms with Gasteiger partial charge in [-0.05, 0) is 31.0 Å². The highest BCUT2D eigenvalue weighted by Crippen LogP contribution is 2.28. The van der Waals surface area contributed by atoms with Crippen LogP contribution in [0, 0.1) is 0 Å². The summed E-state index contributed by atoms with van der Waals surface area (Å²) in [4.78, 5) is 32.2. The Morgan fingerprint density at radius 3 is 2.67 bits per heavy atom. The first-order valence-electron chi connectivity index (χ1n) is 10.8. The van der Waals surface area contributed by atoms with Gasteiger partial charge in [-0.15, -0.1) is 11.3 Å². The van der Waals surface area contributed by atoms with E-state index in [0.717, 1.165) is 50.6 Å². The second kappa shape index (κ2) is 8.65. The number of rotatable bonds is 4. The minimum absolute atomic E-state index is 0.256. The van der Waals surface area contributed by atoms with Gasteiger partial charge in [0.2, 0.25) is 5.95 Å². The second-order valence-electron chi connectivity index (χ2n) is 8.07. The molecule has 3 aromatic rings. The number of piperidine rings is 1. The zero-order chi connectivity index (χ0) is 20.3. The zero-order valence-corrected chi connectivity index (χ0v) is 17.9. The number of piperazine rings is 1. The number of amides is 1. The lowest BCUT2D eigenvalue weighted by atomic mass is 10.0. The van der Waals surface area contributed by atoms with Crippen molar-refractivity contribution in [2.45, 2.75) is 25.3 Å². The summed E-state index contributed by atoms with van der Waals surface area (Å²) in [5.74, 6) is 1.01. The van der Waals surface area contributed by atoms with Crippen LogP contribution in [-0.4, -0.2) is 65.0 Å². The standard InChI is InChI=1S/C22H26N6OS/c29-20(26-12-14-27(15-13-26)22-23-9-5-10-24-22)16-28-11-4-3-7-18(28)21-25-17-6-1-2-8-19(17)30-21/h1-2,5-6,8-10,18H,3-4,7,11-16H2/p+1/t18-/m0/s1. The average molecular weight is 424 g/mol. The van der Waals surface area contributed by atoms with Crippen LogP contribution in [0.1, 0.15) is 30.3 Å². The highest BCUT2D eigenvalue weighted by molar-refractivity contribution is 7.18. The van der Waals surface area contributed by atoms with Gasteiger partial charge in [-0.3, -0.25) is 4.79 Å². The number of quaternary nitrogens is 1. The van der Waals surface area contributed by atoms with Crippen LogP contribution in [0.5, 0.6) is 0 Å². The van der Waals surface area contributed by atoms with Crippen LogP contribution < -0.4 is 9.80 Å². The Balaban J connectivity index is 1.23. The number of anilines is 1. The molecule has 1 amide bonds. The number of carbonyl (C=O) groups excluding carboxylic acids is 1. The Hall–Kier alpha value is -2.58. The molecule has 1 unspecified atom stereocenters. The molecule has 7 nitrogen and oxygen atoms in total. The van der Waals surface area contributed by atoms with E-state index in [1.54, 1.807) is 23.7 Å². The van der Waals surface area contributed by atoms with E-state index in [9.17, 15) is 4.79 Å². The maximum Gasteiger partial charge on any atom is 0.277 e. The topological polar surface area (TPSA) is 66.7 Å². The molecule has 156 valence electrons. The molecule has 8 heteroatoms. The van der Waals surface area contributed by atoms with E-state index >= 15 is 0 Å². The summed E-state index contributed by atoms with van der Waals surface area (Å²) < 4.78 is 1.24. The summed E-state index contributed by atoms with van der Waals surface area (Å²) in [6.07, 6.45) is 7.04. The predicted octanol–water partition coefficient (Wildman–Crippen LogP) is 1.54. The maximum absolute atomic E-state index is 13.1. The molecule has 1 N–H and O–H groups in total. The largest absolute Gasteiger partial charge is 0.337 e. The molecular weight excluding hydrogens is 396 g/mol. The van der Waals surface area contributed by atoms with Gasteiger partial charge in [0.25, 0.3) is 5.91 Å². The minimum Gasteiger partial charge on any atom is -0.337 e. The molecule has 2 saturated heterocycles. The number of nitrogens with one attached hydrogen (secondary N) is 1. The van der Waals surface area contributed by atoms with Crippen LogP contribution in [0.25, 0.3) is 10.2 Å². The average Bonchev–Trinajstić information content (AvgIpc) is 3.24. The molecule has 0 saturated carbocycles. The first-order chi connectivity index (χ1) is 14.8. The molecule has 0 radical (unpaired) electrons. The molecule has 1 aromatic carbocycles. The summed E-state index contributed by atoms with van der Waals surface area (Å²) in [5.41, 5.74) is 1.08. The zero-order valence-electron chi connectivity index (χ0n) is 17.0. The van der Waals surface area contributed by atoms with Gasteiger partial charge in [-0.1, -0.05) is 12.1 Å².